The zero-order chi connectivity index (χ0) is 68.1. The predicted octanol–water partition coefficient (Wildman–Crippen LogP) is 15.0. The van der Waals surface area contributed by atoms with E-state index in [9.17, 15) is 48.6 Å². The molecule has 0 fully saturated rings. The number of aliphatic carboxylic acids is 2. The predicted molar refractivity (Wildman–Crippen MR) is 361 cm³/mol. The number of hydrogen-bond donors (Lipinski definition) is 6. The number of nitrogens with one attached hydrogen (secondary N) is 4. The molecule has 6 unspecified atom stereocenters. The number of rotatable bonds is 36. The molecule has 0 aromatic heterocycles. The first-order chi connectivity index (χ1) is 42.0. The summed E-state index contributed by atoms with van der Waals surface area (Å²) < 4.78 is 11.7. The summed E-state index contributed by atoms with van der Waals surface area (Å²) in [5.74, 6) is -2.97. The molecular formula is C74H112N4O12. The van der Waals surface area contributed by atoms with Crippen LogP contribution in [0.4, 0.5) is 9.59 Å². The first kappa shape index (κ1) is 79.0. The van der Waals surface area contributed by atoms with Gasteiger partial charge < -0.3 is 41.0 Å². The molecule has 4 amide bonds. The fraction of sp³-hybridized carbons (Fsp3) is 0.595. The summed E-state index contributed by atoms with van der Waals surface area (Å²) in [6.45, 7) is 36.9. The molecule has 2 aliphatic carbocycles. The molecule has 16 nitrogen and oxygen atoms in total. The van der Waals surface area contributed by atoms with E-state index in [2.05, 4.69) is 21.3 Å². The van der Waals surface area contributed by atoms with Crippen LogP contribution in [0.15, 0.2) is 130 Å². The molecular weight excluding hydrogens is 1140 g/mol. The number of hydrogen-bond acceptors (Lipinski definition) is 10. The second-order valence-electron chi connectivity index (χ2n) is 28.1. The van der Waals surface area contributed by atoms with Gasteiger partial charge in [-0.25, -0.2) is 9.59 Å². The molecule has 500 valence electrons. The lowest BCUT2D eigenvalue weighted by Gasteiger charge is -2.36. The Bertz CT molecular complexity index is 2640. The van der Waals surface area contributed by atoms with Gasteiger partial charge in [0.05, 0.1) is 12.8 Å². The van der Waals surface area contributed by atoms with Gasteiger partial charge in [0, 0.05) is 51.9 Å². The minimum atomic E-state index is -0.913. The van der Waals surface area contributed by atoms with E-state index in [0.29, 0.717) is 49.7 Å². The Balaban J connectivity index is 1.99. The van der Waals surface area contributed by atoms with Gasteiger partial charge in [-0.05, 0) is 148 Å². The standard InChI is InChI=1S/C74H112N4O12/c1-47(2)33-57(37-65(79)80)43-75-71(87)77-45-59(35-49(5)6)39-67(83)89-63-41-73(15,16)61(55(13)69(63)85)31-29-53(11)27-21-25-51(9)23-19-20-24-52(10)26-22-28-54(12)30-32-62-56(14)70(86)64(42-74(62,17)18)90-68(84)40-60(36-50(7)8)46-78-72(88)76-44-58(34-48(3)4)38-66(81)82/h19-32,47-50,57-60,63-64H,33-46H2,1-18H3,(H,79,80)(H,81,82)(H2,75,77,87)(H2,76,78,88). The van der Waals surface area contributed by atoms with Gasteiger partial charge in [0.2, 0.25) is 0 Å². The van der Waals surface area contributed by atoms with Crippen molar-refractivity contribution in [2.45, 2.75) is 201 Å². The van der Waals surface area contributed by atoms with Crippen LogP contribution in [0.5, 0.6) is 0 Å². The first-order valence-electron chi connectivity index (χ1n) is 32.4. The second-order valence-corrected chi connectivity index (χ2v) is 28.1. The molecule has 0 aliphatic heterocycles. The minimum Gasteiger partial charge on any atom is -0.481 e. The molecule has 6 atom stereocenters. The summed E-state index contributed by atoms with van der Waals surface area (Å²) in [6.07, 6.45) is 29.5. The third kappa shape index (κ3) is 31.6. The molecule has 0 aromatic carbocycles. The van der Waals surface area contributed by atoms with Crippen molar-refractivity contribution in [1.82, 2.24) is 21.3 Å². The Morgan fingerprint density at radius 2 is 0.722 bits per heavy atom. The highest BCUT2D eigenvalue weighted by molar-refractivity contribution is 6.02. The van der Waals surface area contributed by atoms with E-state index in [-0.39, 0.29) is 111 Å². The Kier molecular flexibility index (Phi) is 34.4. The van der Waals surface area contributed by atoms with Gasteiger partial charge in [0.1, 0.15) is 0 Å². The SMILES string of the molecule is CC(C=CC=C(C)C=CC1=C(C)C(=O)C(OC(=O)CC(CNC(=O)NCC(CC(=O)O)CC(C)C)CC(C)C)CC1(C)C)=CC=CC=C(C)C=CC=C(C)C=CC1=C(C)C(=O)C(OC(=O)CC(CNC(=O)NCC(CC(=O)O)CC(C)C)CC(C)C)CC1(C)C. The van der Waals surface area contributed by atoms with Gasteiger partial charge in [-0.15, -0.1) is 0 Å². The molecule has 2 aliphatic rings. The molecule has 0 heterocycles. The van der Waals surface area contributed by atoms with Crippen molar-refractivity contribution in [2.75, 3.05) is 26.2 Å². The van der Waals surface area contributed by atoms with Gasteiger partial charge in [0.25, 0.3) is 0 Å². The topological polar surface area (TPSA) is 244 Å². The van der Waals surface area contributed by atoms with Gasteiger partial charge >= 0.3 is 35.9 Å². The molecule has 0 aromatic rings. The summed E-state index contributed by atoms with van der Waals surface area (Å²) in [5.41, 5.74) is 6.06. The average Bonchev–Trinajstić information content (AvgIpc) is 0.869. The monoisotopic (exact) mass is 1250 g/mol. The number of urea groups is 2. The number of carboxylic acids is 2. The molecule has 0 saturated heterocycles. The quantitative estimate of drug-likeness (QED) is 0.0253. The lowest BCUT2D eigenvalue weighted by Crippen LogP contribution is -2.42. The molecule has 0 spiro atoms. The third-order valence-electron chi connectivity index (χ3n) is 16.1. The Morgan fingerprint density at radius 3 is 1.00 bits per heavy atom. The van der Waals surface area contributed by atoms with E-state index in [1.54, 1.807) is 13.8 Å². The van der Waals surface area contributed by atoms with Crippen molar-refractivity contribution in [3.05, 3.63) is 130 Å². The number of ketones is 2. The van der Waals surface area contributed by atoms with Crippen molar-refractivity contribution in [3.8, 4) is 0 Å². The number of ether oxygens (including phenoxy) is 2. The second kappa shape index (κ2) is 39.2. The van der Waals surface area contributed by atoms with Crippen molar-refractivity contribution in [1.29, 1.82) is 0 Å². The summed E-state index contributed by atoms with van der Waals surface area (Å²) in [4.78, 5) is 102. The molecule has 0 bridgehead atoms. The van der Waals surface area contributed by atoms with Gasteiger partial charge in [-0.1, -0.05) is 190 Å². The van der Waals surface area contributed by atoms with E-state index < -0.39 is 59.0 Å². The highest BCUT2D eigenvalue weighted by Crippen LogP contribution is 2.42. The van der Waals surface area contributed by atoms with Gasteiger partial charge in [-0.3, -0.25) is 28.8 Å². The number of carbonyl (C=O) groups excluding carboxylic acids is 6. The first-order valence-corrected chi connectivity index (χ1v) is 32.4. The number of carbonyl (C=O) groups is 8. The van der Waals surface area contributed by atoms with E-state index >= 15 is 0 Å². The highest BCUT2D eigenvalue weighted by atomic mass is 16.6. The van der Waals surface area contributed by atoms with Crippen LogP contribution in [0.25, 0.3) is 0 Å². The van der Waals surface area contributed by atoms with E-state index in [0.717, 1.165) is 33.4 Å². The zero-order valence-electron chi connectivity index (χ0n) is 57.7. The average molecular weight is 1250 g/mol. The van der Waals surface area contributed by atoms with Crippen LogP contribution < -0.4 is 21.3 Å². The van der Waals surface area contributed by atoms with Crippen LogP contribution in [0.2, 0.25) is 0 Å². The van der Waals surface area contributed by atoms with Crippen LogP contribution in [0.1, 0.15) is 189 Å². The summed E-state index contributed by atoms with van der Waals surface area (Å²) in [6, 6.07) is -0.833. The van der Waals surface area contributed by atoms with Crippen molar-refractivity contribution in [3.63, 3.8) is 0 Å². The van der Waals surface area contributed by atoms with E-state index in [1.165, 1.54) is 0 Å². The molecule has 6 N–H and O–H groups in total. The van der Waals surface area contributed by atoms with Crippen molar-refractivity contribution < 1.29 is 58.0 Å². The number of amides is 4. The van der Waals surface area contributed by atoms with Gasteiger partial charge in [0.15, 0.2) is 23.8 Å². The van der Waals surface area contributed by atoms with Crippen LogP contribution >= 0.6 is 0 Å². The molecule has 16 heteroatoms. The van der Waals surface area contributed by atoms with Crippen molar-refractivity contribution in [2.24, 2.45) is 58.2 Å². The zero-order valence-corrected chi connectivity index (χ0v) is 57.7. The fourth-order valence-corrected chi connectivity index (χ4v) is 11.8. The molecule has 0 saturated carbocycles. The van der Waals surface area contributed by atoms with Crippen molar-refractivity contribution >= 4 is 47.5 Å². The third-order valence-corrected chi connectivity index (χ3v) is 16.1. The number of Topliss-reactive ketones (excluding diaryl/α,β-unsaturated/α-hetero) is 2. The summed E-state index contributed by atoms with van der Waals surface area (Å²) in [5, 5.41) is 29.9. The Labute approximate surface area is 539 Å². The maximum absolute atomic E-state index is 13.7. The van der Waals surface area contributed by atoms with Crippen LogP contribution in [0.3, 0.4) is 0 Å². The Morgan fingerprint density at radius 1 is 0.456 bits per heavy atom. The van der Waals surface area contributed by atoms with Crippen LogP contribution in [0, 0.1) is 58.2 Å². The number of carboxylic acid groups (broad SMARTS) is 2. The smallest absolute Gasteiger partial charge is 0.314 e. The fourth-order valence-electron chi connectivity index (χ4n) is 11.8. The summed E-state index contributed by atoms with van der Waals surface area (Å²) in [7, 11) is 0. The van der Waals surface area contributed by atoms with Gasteiger partial charge in [-0.2, -0.15) is 0 Å². The maximum atomic E-state index is 13.7. The Hall–Kier alpha value is -7.10. The van der Waals surface area contributed by atoms with E-state index in [1.807, 2.05) is 196 Å². The minimum absolute atomic E-state index is 0.0299. The normalized spacial score (nSPS) is 19.3. The van der Waals surface area contributed by atoms with Crippen LogP contribution in [-0.4, -0.2) is 96.1 Å². The number of esters is 2. The maximum Gasteiger partial charge on any atom is 0.314 e. The lowest BCUT2D eigenvalue weighted by atomic mass is 9.71. The summed E-state index contributed by atoms with van der Waals surface area (Å²) >= 11 is 0. The highest BCUT2D eigenvalue weighted by Gasteiger charge is 2.41. The largest absolute Gasteiger partial charge is 0.481 e. The van der Waals surface area contributed by atoms with Crippen LogP contribution in [-0.2, 0) is 38.2 Å². The van der Waals surface area contributed by atoms with E-state index in [4.69, 9.17) is 9.47 Å². The molecule has 0 radical (unpaired) electrons. The molecule has 2 rings (SSSR count). The molecule has 90 heavy (non-hydrogen) atoms. The lowest BCUT2D eigenvalue weighted by molar-refractivity contribution is -0.157. The number of allylic oxidation sites excluding steroid dienone is 20.